The van der Waals surface area contributed by atoms with Gasteiger partial charge < -0.3 is 15.1 Å². The minimum atomic E-state index is -0.278. The fourth-order valence-electron chi connectivity index (χ4n) is 4.99. The highest BCUT2D eigenvalue weighted by Gasteiger charge is 2.27. The van der Waals surface area contributed by atoms with Crippen LogP contribution in [0.2, 0.25) is 0 Å². The highest BCUT2D eigenvalue weighted by molar-refractivity contribution is 5.98. The first-order valence-electron chi connectivity index (χ1n) is 12.2. The molecule has 1 N–H and O–H groups in total. The highest BCUT2D eigenvalue weighted by Crippen LogP contribution is 2.28. The number of carbonyl (C=O) groups excluding carboxylic acids is 2. The summed E-state index contributed by atoms with van der Waals surface area (Å²) in [5.74, 6) is 0.366. The zero-order valence-corrected chi connectivity index (χ0v) is 19.7. The Balaban J connectivity index is 1.24. The Morgan fingerprint density at radius 2 is 1.71 bits per heavy atom. The lowest BCUT2D eigenvalue weighted by Crippen LogP contribution is -2.44. The van der Waals surface area contributed by atoms with Crippen molar-refractivity contribution in [3.05, 3.63) is 89.5 Å². The summed E-state index contributed by atoms with van der Waals surface area (Å²) in [6.45, 7) is 4.84. The SMILES string of the molecule is CC(NCc1ccccc1-c1ccc(CN2CCCC2=O)cc1)C(=O)N1CCc2ccccc21. The first-order valence-corrected chi connectivity index (χ1v) is 12.2. The average Bonchev–Trinajstić information content (AvgIpc) is 3.49. The van der Waals surface area contributed by atoms with Crippen molar-refractivity contribution in [1.82, 2.24) is 10.2 Å². The highest BCUT2D eigenvalue weighted by atomic mass is 16.2. The van der Waals surface area contributed by atoms with E-state index in [1.807, 2.05) is 47.1 Å². The molecule has 5 heteroatoms. The second-order valence-electron chi connectivity index (χ2n) is 9.24. The van der Waals surface area contributed by atoms with Crippen molar-refractivity contribution in [1.29, 1.82) is 0 Å². The summed E-state index contributed by atoms with van der Waals surface area (Å²) < 4.78 is 0. The van der Waals surface area contributed by atoms with Gasteiger partial charge in [0.25, 0.3) is 0 Å². The Morgan fingerprint density at radius 1 is 0.941 bits per heavy atom. The van der Waals surface area contributed by atoms with Gasteiger partial charge in [-0.15, -0.1) is 0 Å². The standard InChI is InChI=1S/C29H31N3O2/c1-21(29(34)32-18-16-24-7-3-5-10-27(24)32)30-19-25-8-2-4-9-26(25)23-14-12-22(13-15-23)20-31-17-6-11-28(31)33/h2-5,7-10,12-15,21,30H,6,11,16-20H2,1H3. The summed E-state index contributed by atoms with van der Waals surface area (Å²) >= 11 is 0. The number of likely N-dealkylation sites (tertiary alicyclic amines) is 1. The fourth-order valence-corrected chi connectivity index (χ4v) is 4.99. The predicted octanol–water partition coefficient (Wildman–Crippen LogP) is 4.54. The van der Waals surface area contributed by atoms with Gasteiger partial charge in [0.2, 0.25) is 11.8 Å². The number of hydrogen-bond donors (Lipinski definition) is 1. The van der Waals surface area contributed by atoms with Crippen LogP contribution in [0.1, 0.15) is 36.5 Å². The molecule has 2 amide bonds. The zero-order valence-electron chi connectivity index (χ0n) is 19.7. The minimum absolute atomic E-state index is 0.114. The van der Waals surface area contributed by atoms with Gasteiger partial charge >= 0.3 is 0 Å². The third-order valence-corrected chi connectivity index (χ3v) is 6.95. The third kappa shape index (κ3) is 4.62. The van der Waals surface area contributed by atoms with Crippen molar-refractivity contribution in [2.24, 2.45) is 0 Å². The number of fused-ring (bicyclic) bond motifs is 1. The second-order valence-corrected chi connectivity index (χ2v) is 9.24. The second kappa shape index (κ2) is 9.82. The first kappa shape index (κ1) is 22.4. The van der Waals surface area contributed by atoms with Crippen LogP contribution in [0.4, 0.5) is 5.69 Å². The van der Waals surface area contributed by atoms with Gasteiger partial charge in [-0.2, -0.15) is 0 Å². The quantitative estimate of drug-likeness (QED) is 0.571. The molecule has 34 heavy (non-hydrogen) atoms. The number of amides is 2. The summed E-state index contributed by atoms with van der Waals surface area (Å²) in [6, 6.07) is 24.7. The van der Waals surface area contributed by atoms with Crippen LogP contribution >= 0.6 is 0 Å². The molecule has 0 saturated carbocycles. The maximum absolute atomic E-state index is 13.1. The van der Waals surface area contributed by atoms with Crippen LogP contribution in [0.25, 0.3) is 11.1 Å². The molecule has 0 spiro atoms. The number of carbonyl (C=O) groups is 2. The lowest BCUT2D eigenvalue weighted by atomic mass is 9.98. The van der Waals surface area contributed by atoms with E-state index >= 15 is 0 Å². The van der Waals surface area contributed by atoms with Gasteiger partial charge in [-0.1, -0.05) is 66.7 Å². The van der Waals surface area contributed by atoms with Crippen LogP contribution < -0.4 is 10.2 Å². The Kier molecular flexibility index (Phi) is 6.45. The molecule has 0 aromatic heterocycles. The molecule has 5 nitrogen and oxygen atoms in total. The molecule has 3 aromatic carbocycles. The van der Waals surface area contributed by atoms with E-state index in [-0.39, 0.29) is 17.9 Å². The van der Waals surface area contributed by atoms with Gasteiger partial charge in [-0.3, -0.25) is 9.59 Å². The van der Waals surface area contributed by atoms with Crippen LogP contribution in [0.15, 0.2) is 72.8 Å². The van der Waals surface area contributed by atoms with Crippen molar-refractivity contribution in [2.45, 2.75) is 45.3 Å². The molecule has 2 aliphatic heterocycles. The van der Waals surface area contributed by atoms with Crippen LogP contribution in [0.5, 0.6) is 0 Å². The summed E-state index contributed by atoms with van der Waals surface area (Å²) in [5, 5.41) is 3.45. The minimum Gasteiger partial charge on any atom is -0.338 e. The normalized spacial score (nSPS) is 16.1. The molecule has 1 saturated heterocycles. The number of hydrogen-bond acceptors (Lipinski definition) is 3. The topological polar surface area (TPSA) is 52.7 Å². The molecular weight excluding hydrogens is 422 g/mol. The number of nitrogens with zero attached hydrogens (tertiary/aromatic N) is 2. The lowest BCUT2D eigenvalue weighted by molar-refractivity contribution is -0.128. The van der Waals surface area contributed by atoms with E-state index in [0.717, 1.165) is 53.9 Å². The maximum atomic E-state index is 13.1. The van der Waals surface area contributed by atoms with Gasteiger partial charge in [0.15, 0.2) is 0 Å². The molecule has 174 valence electrons. The van der Waals surface area contributed by atoms with E-state index in [0.29, 0.717) is 19.5 Å². The smallest absolute Gasteiger partial charge is 0.243 e. The summed E-state index contributed by atoms with van der Waals surface area (Å²) in [4.78, 5) is 28.9. The molecule has 1 fully saturated rings. The van der Waals surface area contributed by atoms with Crippen LogP contribution in [0.3, 0.4) is 0 Å². The molecule has 0 bridgehead atoms. The fraction of sp³-hybridized carbons (Fsp3) is 0.310. The van der Waals surface area contributed by atoms with E-state index < -0.39 is 0 Å². The van der Waals surface area contributed by atoms with Gasteiger partial charge in [-0.25, -0.2) is 0 Å². The van der Waals surface area contributed by atoms with Gasteiger partial charge in [-0.05, 0) is 53.6 Å². The van der Waals surface area contributed by atoms with Crippen molar-refractivity contribution in [3.8, 4) is 11.1 Å². The molecule has 5 rings (SSSR count). The Hall–Kier alpha value is -3.44. The number of nitrogens with one attached hydrogen (secondary N) is 1. The lowest BCUT2D eigenvalue weighted by Gasteiger charge is -2.23. The third-order valence-electron chi connectivity index (χ3n) is 6.95. The van der Waals surface area contributed by atoms with E-state index in [2.05, 4.69) is 47.8 Å². The van der Waals surface area contributed by atoms with Crippen molar-refractivity contribution >= 4 is 17.5 Å². The van der Waals surface area contributed by atoms with Crippen molar-refractivity contribution in [2.75, 3.05) is 18.0 Å². The Morgan fingerprint density at radius 3 is 2.50 bits per heavy atom. The summed E-state index contributed by atoms with van der Waals surface area (Å²) in [5.41, 5.74) is 6.89. The van der Waals surface area contributed by atoms with Gasteiger partial charge in [0.05, 0.1) is 6.04 Å². The van der Waals surface area contributed by atoms with E-state index in [1.165, 1.54) is 5.56 Å². The Labute approximate surface area is 201 Å². The largest absolute Gasteiger partial charge is 0.338 e. The molecule has 2 aliphatic rings. The number of benzene rings is 3. The number of para-hydroxylation sites is 1. The van der Waals surface area contributed by atoms with Gasteiger partial charge in [0.1, 0.15) is 0 Å². The van der Waals surface area contributed by atoms with Crippen LogP contribution in [-0.2, 0) is 29.1 Å². The Bertz CT molecular complexity index is 1190. The number of anilines is 1. The van der Waals surface area contributed by atoms with E-state index in [4.69, 9.17) is 0 Å². The van der Waals surface area contributed by atoms with Gasteiger partial charge in [0, 0.05) is 38.3 Å². The van der Waals surface area contributed by atoms with Crippen LogP contribution in [-0.4, -0.2) is 35.8 Å². The monoisotopic (exact) mass is 453 g/mol. The predicted molar refractivity (Wildman–Crippen MR) is 135 cm³/mol. The zero-order chi connectivity index (χ0) is 23.5. The molecular formula is C29H31N3O2. The summed E-state index contributed by atoms with van der Waals surface area (Å²) in [6.07, 6.45) is 2.55. The van der Waals surface area contributed by atoms with E-state index in [1.54, 1.807) is 0 Å². The molecule has 0 aliphatic carbocycles. The van der Waals surface area contributed by atoms with Crippen molar-refractivity contribution < 1.29 is 9.59 Å². The van der Waals surface area contributed by atoms with E-state index in [9.17, 15) is 9.59 Å². The molecule has 1 unspecified atom stereocenters. The first-order chi connectivity index (χ1) is 16.6. The molecule has 0 radical (unpaired) electrons. The maximum Gasteiger partial charge on any atom is 0.243 e. The average molecular weight is 454 g/mol. The number of rotatable bonds is 7. The van der Waals surface area contributed by atoms with Crippen LogP contribution in [0, 0.1) is 0 Å². The summed E-state index contributed by atoms with van der Waals surface area (Å²) in [7, 11) is 0. The van der Waals surface area contributed by atoms with Crippen molar-refractivity contribution in [3.63, 3.8) is 0 Å². The molecule has 2 heterocycles. The molecule has 1 atom stereocenters. The molecule has 3 aromatic rings.